The quantitative estimate of drug-likeness (QED) is 0.147. The van der Waals surface area contributed by atoms with E-state index in [0.717, 1.165) is 5.56 Å². The van der Waals surface area contributed by atoms with Crippen molar-refractivity contribution in [2.75, 3.05) is 13.2 Å². The lowest BCUT2D eigenvalue weighted by atomic mass is 10.1. The highest BCUT2D eigenvalue weighted by Gasteiger charge is 2.16. The predicted molar refractivity (Wildman–Crippen MR) is 133 cm³/mol. The Kier molecular flexibility index (Phi) is 8.71. The molecular formula is C26H25N3O7. The normalized spacial score (nSPS) is 10.6. The van der Waals surface area contributed by atoms with Crippen LogP contribution in [-0.2, 0) is 4.79 Å². The van der Waals surface area contributed by atoms with Crippen molar-refractivity contribution in [2.45, 2.75) is 20.8 Å². The van der Waals surface area contributed by atoms with Crippen LogP contribution in [0.4, 0.5) is 5.69 Å². The number of benzene rings is 3. The first-order valence-corrected chi connectivity index (χ1v) is 11.0. The lowest BCUT2D eigenvalue weighted by Crippen LogP contribution is -2.24. The molecule has 0 unspecified atom stereocenters. The van der Waals surface area contributed by atoms with Crippen LogP contribution >= 0.6 is 0 Å². The number of carbonyl (C=O) groups excluding carboxylic acids is 2. The zero-order valence-electron chi connectivity index (χ0n) is 20.0. The van der Waals surface area contributed by atoms with Crippen LogP contribution in [0.25, 0.3) is 0 Å². The number of ether oxygens (including phenoxy) is 3. The summed E-state index contributed by atoms with van der Waals surface area (Å²) < 4.78 is 16.3. The Hall–Kier alpha value is -4.73. The van der Waals surface area contributed by atoms with Crippen LogP contribution in [0.3, 0.4) is 0 Å². The van der Waals surface area contributed by atoms with E-state index in [-0.39, 0.29) is 17.2 Å². The number of aryl methyl sites for hydroxylation is 2. The lowest BCUT2D eigenvalue weighted by molar-refractivity contribution is -0.385. The molecule has 186 valence electrons. The van der Waals surface area contributed by atoms with Crippen LogP contribution in [0.2, 0.25) is 0 Å². The first-order chi connectivity index (χ1) is 17.3. The minimum absolute atomic E-state index is 0.0122. The topological polar surface area (TPSA) is 129 Å². The number of nitrogens with one attached hydrogen (secondary N) is 1. The molecule has 3 aromatic rings. The Morgan fingerprint density at radius 2 is 1.64 bits per heavy atom. The van der Waals surface area contributed by atoms with Crippen LogP contribution < -0.4 is 19.6 Å². The molecule has 0 atom stereocenters. The molecule has 0 bridgehead atoms. The molecule has 0 heterocycles. The molecule has 0 fully saturated rings. The first-order valence-electron chi connectivity index (χ1n) is 11.0. The molecule has 1 amide bonds. The highest BCUT2D eigenvalue weighted by atomic mass is 16.6. The molecule has 0 saturated carbocycles. The second-order valence-electron chi connectivity index (χ2n) is 7.70. The second kappa shape index (κ2) is 12.1. The maximum absolute atomic E-state index is 12.5. The number of esters is 1. The maximum atomic E-state index is 12.5. The van der Waals surface area contributed by atoms with E-state index in [1.165, 1.54) is 18.3 Å². The Balaban J connectivity index is 1.61. The van der Waals surface area contributed by atoms with Crippen molar-refractivity contribution in [1.82, 2.24) is 5.43 Å². The number of carbonyl (C=O) groups is 2. The van der Waals surface area contributed by atoms with Gasteiger partial charge in [-0.1, -0.05) is 23.8 Å². The summed E-state index contributed by atoms with van der Waals surface area (Å²) in [4.78, 5) is 35.1. The second-order valence-corrected chi connectivity index (χ2v) is 7.70. The van der Waals surface area contributed by atoms with Gasteiger partial charge in [-0.2, -0.15) is 5.10 Å². The smallest absolute Gasteiger partial charge is 0.343 e. The van der Waals surface area contributed by atoms with Gasteiger partial charge in [0, 0.05) is 6.07 Å². The van der Waals surface area contributed by atoms with Crippen molar-refractivity contribution in [1.29, 1.82) is 0 Å². The van der Waals surface area contributed by atoms with Gasteiger partial charge in [0.2, 0.25) is 0 Å². The Labute approximate surface area is 207 Å². The standard InChI is InChI=1S/C26H25N3O7/c1-4-34-24-14-19(8-12-23(24)36-26(31)20-9-5-17(2)6-10-20)15-27-28-25(30)16-35-22-11-7-18(3)13-21(22)29(32)33/h5-15H,4,16H2,1-3H3,(H,28,30). The maximum Gasteiger partial charge on any atom is 0.343 e. The third-order valence-electron chi connectivity index (χ3n) is 4.83. The van der Waals surface area contributed by atoms with Gasteiger partial charge in [-0.05, 0) is 68.3 Å². The van der Waals surface area contributed by atoms with Gasteiger partial charge in [-0.15, -0.1) is 0 Å². The number of hydrazone groups is 1. The van der Waals surface area contributed by atoms with Gasteiger partial charge in [0.15, 0.2) is 23.9 Å². The third kappa shape index (κ3) is 7.13. The van der Waals surface area contributed by atoms with Gasteiger partial charge in [0.25, 0.3) is 5.91 Å². The summed E-state index contributed by atoms with van der Waals surface area (Å²) >= 11 is 0. The number of hydrogen-bond acceptors (Lipinski definition) is 8. The number of hydrogen-bond donors (Lipinski definition) is 1. The van der Waals surface area contributed by atoms with Crippen molar-refractivity contribution in [2.24, 2.45) is 5.10 Å². The molecule has 0 aliphatic rings. The summed E-state index contributed by atoms with van der Waals surface area (Å²) in [5.41, 5.74) is 4.78. The molecule has 36 heavy (non-hydrogen) atoms. The number of nitro groups is 1. The summed E-state index contributed by atoms with van der Waals surface area (Å²) in [6.07, 6.45) is 1.38. The van der Waals surface area contributed by atoms with Gasteiger partial charge in [-0.3, -0.25) is 14.9 Å². The van der Waals surface area contributed by atoms with Crippen LogP contribution in [0, 0.1) is 24.0 Å². The summed E-state index contributed by atoms with van der Waals surface area (Å²) in [5.74, 6) is -0.546. The van der Waals surface area contributed by atoms with Crippen LogP contribution in [-0.4, -0.2) is 36.2 Å². The lowest BCUT2D eigenvalue weighted by Gasteiger charge is -2.11. The first kappa shape index (κ1) is 25.9. The number of nitrogens with zero attached hydrogens (tertiary/aromatic N) is 2. The van der Waals surface area contributed by atoms with Crippen molar-refractivity contribution in [3.05, 3.63) is 93.0 Å². The fraction of sp³-hybridized carbons (Fsp3) is 0.192. The van der Waals surface area contributed by atoms with E-state index in [4.69, 9.17) is 14.2 Å². The summed E-state index contributed by atoms with van der Waals surface area (Å²) in [6, 6.07) is 16.3. The van der Waals surface area contributed by atoms with E-state index in [9.17, 15) is 19.7 Å². The molecule has 10 heteroatoms. The fourth-order valence-electron chi connectivity index (χ4n) is 3.05. The molecular weight excluding hydrogens is 466 g/mol. The molecule has 1 N–H and O–H groups in total. The molecule has 0 aliphatic carbocycles. The van der Waals surface area contributed by atoms with Crippen molar-refractivity contribution < 1.29 is 28.7 Å². The van der Waals surface area contributed by atoms with Crippen molar-refractivity contribution >= 4 is 23.8 Å². The van der Waals surface area contributed by atoms with E-state index in [1.807, 2.05) is 19.1 Å². The van der Waals surface area contributed by atoms with E-state index in [0.29, 0.717) is 29.0 Å². The van der Waals surface area contributed by atoms with Gasteiger partial charge >= 0.3 is 11.7 Å². The predicted octanol–water partition coefficient (Wildman–Crippen LogP) is 4.36. The average Bonchev–Trinajstić information content (AvgIpc) is 2.85. The molecule has 0 aromatic heterocycles. The van der Waals surface area contributed by atoms with Gasteiger partial charge in [0.1, 0.15) is 0 Å². The Morgan fingerprint density at radius 1 is 0.944 bits per heavy atom. The highest BCUT2D eigenvalue weighted by molar-refractivity contribution is 5.91. The highest BCUT2D eigenvalue weighted by Crippen LogP contribution is 2.29. The van der Waals surface area contributed by atoms with Crippen molar-refractivity contribution in [3.63, 3.8) is 0 Å². The Morgan fingerprint density at radius 3 is 2.33 bits per heavy atom. The fourth-order valence-corrected chi connectivity index (χ4v) is 3.05. The Bertz CT molecular complexity index is 1290. The number of amides is 1. The molecule has 0 aliphatic heterocycles. The van der Waals surface area contributed by atoms with E-state index >= 15 is 0 Å². The number of rotatable bonds is 10. The van der Waals surface area contributed by atoms with Crippen LogP contribution in [0.15, 0.2) is 65.8 Å². The van der Waals surface area contributed by atoms with Gasteiger partial charge < -0.3 is 14.2 Å². The minimum atomic E-state index is -0.602. The van der Waals surface area contributed by atoms with Gasteiger partial charge in [-0.25, -0.2) is 10.2 Å². The summed E-state index contributed by atoms with van der Waals surface area (Å²) in [6.45, 7) is 5.32. The molecule has 10 nitrogen and oxygen atoms in total. The van der Waals surface area contributed by atoms with E-state index in [2.05, 4.69) is 10.5 Å². The largest absolute Gasteiger partial charge is 0.490 e. The van der Waals surface area contributed by atoms with E-state index < -0.39 is 23.4 Å². The minimum Gasteiger partial charge on any atom is -0.490 e. The van der Waals surface area contributed by atoms with Crippen molar-refractivity contribution in [3.8, 4) is 17.2 Å². The zero-order chi connectivity index (χ0) is 26.1. The molecule has 3 aromatic carbocycles. The molecule has 0 saturated heterocycles. The molecule has 0 spiro atoms. The van der Waals surface area contributed by atoms with Crippen LogP contribution in [0.1, 0.15) is 34.0 Å². The summed E-state index contributed by atoms with van der Waals surface area (Å²) in [7, 11) is 0. The third-order valence-corrected chi connectivity index (χ3v) is 4.83. The van der Waals surface area contributed by atoms with Crippen LogP contribution in [0.5, 0.6) is 17.2 Å². The van der Waals surface area contributed by atoms with E-state index in [1.54, 1.807) is 50.2 Å². The SMILES string of the molecule is CCOc1cc(C=NNC(=O)COc2ccc(C)cc2[N+](=O)[O-])ccc1OC(=O)c1ccc(C)cc1. The molecule has 3 rings (SSSR count). The average molecular weight is 492 g/mol. The zero-order valence-corrected chi connectivity index (χ0v) is 20.0. The monoisotopic (exact) mass is 491 g/mol. The molecule has 0 radical (unpaired) electrons. The number of nitro benzene ring substituents is 1. The van der Waals surface area contributed by atoms with Gasteiger partial charge in [0.05, 0.1) is 23.3 Å². The summed E-state index contributed by atoms with van der Waals surface area (Å²) in [5, 5.41) is 15.0.